The predicted molar refractivity (Wildman–Crippen MR) is 63.6 cm³/mol. The van der Waals surface area contributed by atoms with E-state index < -0.39 is 4.92 Å². The van der Waals surface area contributed by atoms with Gasteiger partial charge in [0.25, 0.3) is 5.69 Å². The molecule has 0 radical (unpaired) electrons. The van der Waals surface area contributed by atoms with E-state index in [2.05, 4.69) is 5.32 Å². The SMILES string of the molecule is N#Cc1ccc(NCCC2CC2)c([N+](=O)[O-])c1. The summed E-state index contributed by atoms with van der Waals surface area (Å²) < 4.78 is 0. The van der Waals surface area contributed by atoms with Gasteiger partial charge in [-0.3, -0.25) is 10.1 Å². The van der Waals surface area contributed by atoms with Crippen molar-refractivity contribution >= 4 is 11.4 Å². The zero-order valence-electron chi connectivity index (χ0n) is 9.35. The lowest BCUT2D eigenvalue weighted by atomic mass is 10.2. The molecule has 5 heteroatoms. The van der Waals surface area contributed by atoms with Crippen molar-refractivity contribution in [1.82, 2.24) is 0 Å². The van der Waals surface area contributed by atoms with Gasteiger partial charge in [-0.05, 0) is 24.5 Å². The average molecular weight is 231 g/mol. The number of anilines is 1. The standard InChI is InChI=1S/C12H13N3O2/c13-8-10-3-4-11(12(7-10)15(16)17)14-6-5-9-1-2-9/h3-4,7,9,14H,1-2,5-6H2. The van der Waals surface area contributed by atoms with Gasteiger partial charge in [0.15, 0.2) is 0 Å². The van der Waals surface area contributed by atoms with Gasteiger partial charge in [0.05, 0.1) is 16.6 Å². The van der Waals surface area contributed by atoms with Crippen LogP contribution in [0.3, 0.4) is 0 Å². The summed E-state index contributed by atoms with van der Waals surface area (Å²) >= 11 is 0. The predicted octanol–water partition coefficient (Wildman–Crippen LogP) is 2.68. The second-order valence-corrected chi connectivity index (χ2v) is 4.26. The molecule has 2 rings (SSSR count). The van der Waals surface area contributed by atoms with Crippen LogP contribution >= 0.6 is 0 Å². The molecular weight excluding hydrogens is 218 g/mol. The van der Waals surface area contributed by atoms with Crippen LogP contribution in [0.5, 0.6) is 0 Å². The molecule has 0 bridgehead atoms. The van der Waals surface area contributed by atoms with Crippen LogP contribution in [-0.4, -0.2) is 11.5 Å². The fourth-order valence-corrected chi connectivity index (χ4v) is 1.72. The minimum atomic E-state index is -0.458. The molecule has 17 heavy (non-hydrogen) atoms. The average Bonchev–Trinajstić information content (AvgIpc) is 3.13. The first kappa shape index (κ1) is 11.4. The third kappa shape index (κ3) is 2.94. The van der Waals surface area contributed by atoms with Crippen molar-refractivity contribution in [2.24, 2.45) is 5.92 Å². The van der Waals surface area contributed by atoms with Crippen molar-refractivity contribution in [2.75, 3.05) is 11.9 Å². The summed E-state index contributed by atoms with van der Waals surface area (Å²) in [6, 6.07) is 6.40. The minimum Gasteiger partial charge on any atom is -0.379 e. The van der Waals surface area contributed by atoms with Crippen LogP contribution in [0.4, 0.5) is 11.4 Å². The van der Waals surface area contributed by atoms with Crippen LogP contribution in [0.2, 0.25) is 0 Å². The Balaban J connectivity index is 2.08. The molecule has 1 aliphatic rings. The fraction of sp³-hybridized carbons (Fsp3) is 0.417. The van der Waals surface area contributed by atoms with E-state index in [0.717, 1.165) is 18.9 Å². The van der Waals surface area contributed by atoms with Crippen molar-refractivity contribution < 1.29 is 4.92 Å². The molecule has 1 saturated carbocycles. The Hall–Kier alpha value is -2.09. The van der Waals surface area contributed by atoms with E-state index in [1.54, 1.807) is 12.1 Å². The lowest BCUT2D eigenvalue weighted by molar-refractivity contribution is -0.384. The highest BCUT2D eigenvalue weighted by Crippen LogP contribution is 2.32. The Morgan fingerprint density at radius 3 is 2.88 bits per heavy atom. The lowest BCUT2D eigenvalue weighted by Gasteiger charge is -2.06. The highest BCUT2D eigenvalue weighted by molar-refractivity contribution is 5.63. The molecule has 1 fully saturated rings. The Bertz CT molecular complexity index is 475. The summed E-state index contributed by atoms with van der Waals surface area (Å²) in [4.78, 5) is 10.4. The second-order valence-electron chi connectivity index (χ2n) is 4.26. The van der Waals surface area contributed by atoms with Crippen molar-refractivity contribution in [3.05, 3.63) is 33.9 Å². The summed E-state index contributed by atoms with van der Waals surface area (Å²) in [5, 5.41) is 22.6. The van der Waals surface area contributed by atoms with Crippen molar-refractivity contribution in [3.8, 4) is 6.07 Å². The van der Waals surface area contributed by atoms with Gasteiger partial charge < -0.3 is 5.32 Å². The number of nitriles is 1. The largest absolute Gasteiger partial charge is 0.379 e. The zero-order chi connectivity index (χ0) is 12.3. The molecule has 1 aromatic rings. The van der Waals surface area contributed by atoms with Crippen LogP contribution in [0.25, 0.3) is 0 Å². The number of hydrogen-bond acceptors (Lipinski definition) is 4. The van der Waals surface area contributed by atoms with E-state index in [1.165, 1.54) is 18.9 Å². The van der Waals surface area contributed by atoms with E-state index in [1.807, 2.05) is 6.07 Å². The van der Waals surface area contributed by atoms with Gasteiger partial charge in [-0.1, -0.05) is 12.8 Å². The second kappa shape index (κ2) is 4.83. The van der Waals surface area contributed by atoms with E-state index in [9.17, 15) is 10.1 Å². The van der Waals surface area contributed by atoms with E-state index >= 15 is 0 Å². The number of benzene rings is 1. The Morgan fingerprint density at radius 2 is 2.29 bits per heavy atom. The van der Waals surface area contributed by atoms with Gasteiger partial charge >= 0.3 is 0 Å². The Morgan fingerprint density at radius 1 is 1.53 bits per heavy atom. The molecule has 0 amide bonds. The summed E-state index contributed by atoms with van der Waals surface area (Å²) in [7, 11) is 0. The molecule has 1 aromatic carbocycles. The summed E-state index contributed by atoms with van der Waals surface area (Å²) in [5.74, 6) is 0.792. The van der Waals surface area contributed by atoms with Crippen molar-refractivity contribution in [1.29, 1.82) is 5.26 Å². The number of nitrogens with one attached hydrogen (secondary N) is 1. The summed E-state index contributed by atoms with van der Waals surface area (Å²) in [6.07, 6.45) is 3.60. The minimum absolute atomic E-state index is 0.0279. The smallest absolute Gasteiger partial charge is 0.293 e. The van der Waals surface area contributed by atoms with Crippen LogP contribution in [0.15, 0.2) is 18.2 Å². The van der Waals surface area contributed by atoms with Crippen molar-refractivity contribution in [3.63, 3.8) is 0 Å². The maximum Gasteiger partial charge on any atom is 0.293 e. The molecule has 88 valence electrons. The maximum atomic E-state index is 10.9. The number of nitrogens with zero attached hydrogens (tertiary/aromatic N) is 2. The maximum absolute atomic E-state index is 10.9. The first-order valence-corrected chi connectivity index (χ1v) is 5.63. The Kier molecular flexibility index (Phi) is 3.24. The zero-order valence-corrected chi connectivity index (χ0v) is 9.35. The third-order valence-electron chi connectivity index (χ3n) is 2.89. The van der Waals surface area contributed by atoms with Gasteiger partial charge in [-0.15, -0.1) is 0 Å². The lowest BCUT2D eigenvalue weighted by Crippen LogP contribution is -2.05. The number of nitro groups is 1. The van der Waals surface area contributed by atoms with Gasteiger partial charge in [0.2, 0.25) is 0 Å². The molecule has 0 unspecified atom stereocenters. The van der Waals surface area contributed by atoms with Gasteiger partial charge in [-0.25, -0.2) is 0 Å². The molecule has 0 atom stereocenters. The third-order valence-corrected chi connectivity index (χ3v) is 2.89. The van der Waals surface area contributed by atoms with Gasteiger partial charge in [0, 0.05) is 12.6 Å². The molecule has 0 spiro atoms. The molecule has 1 N–H and O–H groups in total. The van der Waals surface area contributed by atoms with Crippen LogP contribution in [-0.2, 0) is 0 Å². The number of rotatable bonds is 5. The summed E-state index contributed by atoms with van der Waals surface area (Å²) in [5.41, 5.74) is 0.777. The number of nitro benzene ring substituents is 1. The van der Waals surface area contributed by atoms with Gasteiger partial charge in [0.1, 0.15) is 5.69 Å². The molecule has 0 heterocycles. The highest BCUT2D eigenvalue weighted by Gasteiger charge is 2.21. The van der Waals surface area contributed by atoms with E-state index in [4.69, 9.17) is 5.26 Å². The molecular formula is C12H13N3O2. The quantitative estimate of drug-likeness (QED) is 0.624. The first-order chi connectivity index (χ1) is 8.20. The normalized spacial score (nSPS) is 14.1. The Labute approximate surface area is 99.2 Å². The van der Waals surface area contributed by atoms with E-state index in [0.29, 0.717) is 11.3 Å². The monoisotopic (exact) mass is 231 g/mol. The molecule has 0 aliphatic heterocycles. The topological polar surface area (TPSA) is 79.0 Å². The first-order valence-electron chi connectivity index (χ1n) is 5.63. The number of hydrogen-bond donors (Lipinski definition) is 1. The molecule has 5 nitrogen and oxygen atoms in total. The highest BCUT2D eigenvalue weighted by atomic mass is 16.6. The van der Waals surface area contributed by atoms with Crippen LogP contribution in [0, 0.1) is 27.4 Å². The molecule has 0 aromatic heterocycles. The fourth-order valence-electron chi connectivity index (χ4n) is 1.72. The van der Waals surface area contributed by atoms with Crippen LogP contribution in [0.1, 0.15) is 24.8 Å². The molecule has 1 aliphatic carbocycles. The molecule has 0 saturated heterocycles. The van der Waals surface area contributed by atoms with Crippen LogP contribution < -0.4 is 5.32 Å². The summed E-state index contributed by atoms with van der Waals surface area (Å²) in [6.45, 7) is 0.747. The van der Waals surface area contributed by atoms with Gasteiger partial charge in [-0.2, -0.15) is 5.26 Å². The van der Waals surface area contributed by atoms with E-state index in [-0.39, 0.29) is 5.69 Å². The van der Waals surface area contributed by atoms with Crippen molar-refractivity contribution in [2.45, 2.75) is 19.3 Å².